The standard InChI is InChI=1S/C18H15F3N2O2/c1-25-16-11-5-4-10-15(16)23-17(24)22-12-6-8-13-7-2-3-9-14(13)18(19,20)21/h2-5,7,9-11H,12H2,1H3,(H2,22,23,24). The summed E-state index contributed by atoms with van der Waals surface area (Å²) in [5, 5.41) is 5.02. The van der Waals surface area contributed by atoms with Crippen molar-refractivity contribution >= 4 is 11.7 Å². The Morgan fingerprint density at radius 1 is 1.12 bits per heavy atom. The summed E-state index contributed by atoms with van der Waals surface area (Å²) in [7, 11) is 1.47. The second kappa shape index (κ2) is 8.11. The van der Waals surface area contributed by atoms with Gasteiger partial charge in [0.05, 0.1) is 24.9 Å². The van der Waals surface area contributed by atoms with Gasteiger partial charge in [-0.1, -0.05) is 36.1 Å². The Labute approximate surface area is 143 Å². The van der Waals surface area contributed by atoms with Gasteiger partial charge < -0.3 is 15.4 Å². The molecule has 0 saturated carbocycles. The van der Waals surface area contributed by atoms with Crippen molar-refractivity contribution in [1.82, 2.24) is 5.32 Å². The van der Waals surface area contributed by atoms with Crippen molar-refractivity contribution in [3.8, 4) is 17.6 Å². The predicted molar refractivity (Wildman–Crippen MR) is 88.3 cm³/mol. The van der Waals surface area contributed by atoms with E-state index in [2.05, 4.69) is 22.5 Å². The molecule has 2 aromatic carbocycles. The Bertz CT molecular complexity index is 808. The minimum atomic E-state index is -4.47. The van der Waals surface area contributed by atoms with Crippen LogP contribution in [0.4, 0.5) is 23.7 Å². The zero-order chi connectivity index (χ0) is 18.3. The molecule has 7 heteroatoms. The summed E-state index contributed by atoms with van der Waals surface area (Å²) in [4.78, 5) is 11.8. The van der Waals surface area contributed by atoms with Crippen LogP contribution in [-0.4, -0.2) is 19.7 Å². The highest BCUT2D eigenvalue weighted by atomic mass is 19.4. The van der Waals surface area contributed by atoms with Gasteiger partial charge in [-0.2, -0.15) is 13.2 Å². The van der Waals surface area contributed by atoms with E-state index in [1.165, 1.54) is 25.3 Å². The summed E-state index contributed by atoms with van der Waals surface area (Å²) >= 11 is 0. The van der Waals surface area contributed by atoms with Crippen molar-refractivity contribution in [2.45, 2.75) is 6.18 Å². The van der Waals surface area contributed by atoms with Crippen molar-refractivity contribution in [3.05, 3.63) is 59.7 Å². The summed E-state index contributed by atoms with van der Waals surface area (Å²) in [5.41, 5.74) is -0.471. The number of nitrogens with one attached hydrogen (secondary N) is 2. The molecule has 0 heterocycles. The van der Waals surface area contributed by atoms with Crippen LogP contribution in [0, 0.1) is 11.8 Å². The molecule has 0 saturated heterocycles. The number of ether oxygens (including phenoxy) is 1. The molecule has 0 unspecified atom stereocenters. The molecule has 2 aromatic rings. The number of rotatable bonds is 3. The molecule has 0 atom stereocenters. The first kappa shape index (κ1) is 18.2. The molecule has 130 valence electrons. The number of carbonyl (C=O) groups is 1. The Morgan fingerprint density at radius 2 is 1.80 bits per heavy atom. The lowest BCUT2D eigenvalue weighted by Crippen LogP contribution is -2.29. The van der Waals surface area contributed by atoms with Gasteiger partial charge in [-0.15, -0.1) is 0 Å². The van der Waals surface area contributed by atoms with E-state index in [0.717, 1.165) is 6.07 Å². The van der Waals surface area contributed by atoms with E-state index in [4.69, 9.17) is 4.74 Å². The molecule has 0 spiro atoms. The molecule has 4 nitrogen and oxygen atoms in total. The zero-order valence-electron chi connectivity index (χ0n) is 13.3. The van der Waals surface area contributed by atoms with Gasteiger partial charge in [-0.05, 0) is 24.3 Å². The SMILES string of the molecule is COc1ccccc1NC(=O)NCC#Cc1ccccc1C(F)(F)F. The number of hydrogen-bond donors (Lipinski definition) is 2. The minimum Gasteiger partial charge on any atom is -0.495 e. The zero-order valence-corrected chi connectivity index (χ0v) is 13.3. The largest absolute Gasteiger partial charge is 0.495 e. The van der Waals surface area contributed by atoms with Gasteiger partial charge in [-0.3, -0.25) is 0 Å². The number of methoxy groups -OCH3 is 1. The first-order valence-electron chi connectivity index (χ1n) is 7.25. The summed E-state index contributed by atoms with van der Waals surface area (Å²) < 4.78 is 43.6. The average Bonchev–Trinajstić information content (AvgIpc) is 2.59. The van der Waals surface area contributed by atoms with Crippen LogP contribution >= 0.6 is 0 Å². The van der Waals surface area contributed by atoms with E-state index in [1.54, 1.807) is 24.3 Å². The first-order valence-corrected chi connectivity index (χ1v) is 7.25. The Morgan fingerprint density at radius 3 is 2.52 bits per heavy atom. The molecule has 2 rings (SSSR count). The fourth-order valence-electron chi connectivity index (χ4n) is 2.02. The molecular weight excluding hydrogens is 333 g/mol. The van der Waals surface area contributed by atoms with E-state index >= 15 is 0 Å². The Kier molecular flexibility index (Phi) is 5.90. The number of benzene rings is 2. The number of anilines is 1. The van der Waals surface area contributed by atoms with Crippen LogP contribution in [0.25, 0.3) is 0 Å². The highest BCUT2D eigenvalue weighted by Gasteiger charge is 2.32. The highest BCUT2D eigenvalue weighted by molar-refractivity contribution is 5.91. The van der Waals surface area contributed by atoms with Gasteiger partial charge in [0, 0.05) is 5.56 Å². The van der Waals surface area contributed by atoms with E-state index < -0.39 is 17.8 Å². The number of alkyl halides is 3. The van der Waals surface area contributed by atoms with Gasteiger partial charge in [-0.25, -0.2) is 4.79 Å². The smallest absolute Gasteiger partial charge is 0.417 e. The molecule has 2 N–H and O–H groups in total. The molecule has 2 amide bonds. The van der Waals surface area contributed by atoms with E-state index in [0.29, 0.717) is 11.4 Å². The molecule has 25 heavy (non-hydrogen) atoms. The topological polar surface area (TPSA) is 50.4 Å². The number of halogens is 3. The number of para-hydroxylation sites is 2. The average molecular weight is 348 g/mol. The summed E-state index contributed by atoms with van der Waals surface area (Å²) in [6.45, 7) is -0.104. The number of urea groups is 1. The fourth-order valence-corrected chi connectivity index (χ4v) is 2.02. The highest BCUT2D eigenvalue weighted by Crippen LogP contribution is 2.31. The lowest BCUT2D eigenvalue weighted by Gasteiger charge is -2.09. The third kappa shape index (κ3) is 5.18. The second-order valence-electron chi connectivity index (χ2n) is 4.85. The van der Waals surface area contributed by atoms with Crippen LogP contribution in [0.15, 0.2) is 48.5 Å². The van der Waals surface area contributed by atoms with Crippen molar-refractivity contribution in [2.24, 2.45) is 0 Å². The van der Waals surface area contributed by atoms with Crippen LogP contribution in [-0.2, 0) is 6.18 Å². The number of hydrogen-bond acceptors (Lipinski definition) is 2. The molecule has 0 aromatic heterocycles. The lowest BCUT2D eigenvalue weighted by atomic mass is 10.1. The van der Waals surface area contributed by atoms with Crippen LogP contribution in [0.3, 0.4) is 0 Å². The molecular formula is C18H15F3N2O2. The Balaban J connectivity index is 1.96. The Hall–Kier alpha value is -3.14. The maximum Gasteiger partial charge on any atom is 0.417 e. The van der Waals surface area contributed by atoms with Crippen molar-refractivity contribution < 1.29 is 22.7 Å². The van der Waals surface area contributed by atoms with Crippen LogP contribution < -0.4 is 15.4 Å². The first-order chi connectivity index (χ1) is 11.9. The van der Waals surface area contributed by atoms with E-state index in [-0.39, 0.29) is 12.1 Å². The van der Waals surface area contributed by atoms with Crippen LogP contribution in [0.5, 0.6) is 5.75 Å². The normalized spacial score (nSPS) is 10.4. The molecule has 0 aliphatic carbocycles. The second-order valence-corrected chi connectivity index (χ2v) is 4.85. The van der Waals surface area contributed by atoms with Gasteiger partial charge in [0.1, 0.15) is 5.75 Å². The summed E-state index contributed by atoms with van der Waals surface area (Å²) in [6, 6.07) is 11.3. The molecule has 0 aliphatic rings. The van der Waals surface area contributed by atoms with E-state index in [1.807, 2.05) is 0 Å². The van der Waals surface area contributed by atoms with Crippen molar-refractivity contribution in [2.75, 3.05) is 19.0 Å². The van der Waals surface area contributed by atoms with Crippen LogP contribution in [0.2, 0.25) is 0 Å². The lowest BCUT2D eigenvalue weighted by molar-refractivity contribution is -0.137. The number of amides is 2. The quantitative estimate of drug-likeness (QED) is 0.827. The van der Waals surface area contributed by atoms with Gasteiger partial charge in [0.15, 0.2) is 0 Å². The van der Waals surface area contributed by atoms with Crippen molar-refractivity contribution in [3.63, 3.8) is 0 Å². The fraction of sp³-hybridized carbons (Fsp3) is 0.167. The third-order valence-corrected chi connectivity index (χ3v) is 3.15. The molecule has 0 aliphatic heterocycles. The monoisotopic (exact) mass is 348 g/mol. The maximum atomic E-state index is 12.8. The summed E-state index contributed by atoms with van der Waals surface area (Å²) in [6.07, 6.45) is -4.47. The van der Waals surface area contributed by atoms with Crippen molar-refractivity contribution in [1.29, 1.82) is 0 Å². The molecule has 0 fully saturated rings. The minimum absolute atomic E-state index is 0.104. The number of carbonyl (C=O) groups excluding carboxylic acids is 1. The van der Waals surface area contributed by atoms with E-state index in [9.17, 15) is 18.0 Å². The van der Waals surface area contributed by atoms with Crippen LogP contribution in [0.1, 0.15) is 11.1 Å². The van der Waals surface area contributed by atoms with Gasteiger partial charge >= 0.3 is 12.2 Å². The predicted octanol–water partition coefficient (Wildman–Crippen LogP) is 3.89. The van der Waals surface area contributed by atoms with Gasteiger partial charge in [0.2, 0.25) is 0 Å². The molecule has 0 radical (unpaired) electrons. The molecule has 0 bridgehead atoms. The van der Waals surface area contributed by atoms with Gasteiger partial charge in [0.25, 0.3) is 0 Å². The maximum absolute atomic E-state index is 12.8. The third-order valence-electron chi connectivity index (χ3n) is 3.15. The summed E-state index contributed by atoms with van der Waals surface area (Å²) in [5.74, 6) is 5.42.